The van der Waals surface area contributed by atoms with Crippen molar-refractivity contribution in [3.63, 3.8) is 0 Å². The quantitative estimate of drug-likeness (QED) is 0.824. The number of hydrogen-bond donors (Lipinski definition) is 1. The van der Waals surface area contributed by atoms with Gasteiger partial charge in [-0.25, -0.2) is 0 Å². The molecule has 0 radical (unpaired) electrons. The Hall–Kier alpha value is -1.43. The zero-order valence-electron chi connectivity index (χ0n) is 14.3. The molecule has 2 unspecified atom stereocenters. The van der Waals surface area contributed by atoms with Crippen LogP contribution >= 0.6 is 12.4 Å². The van der Waals surface area contributed by atoms with Gasteiger partial charge in [0.05, 0.1) is 6.10 Å². The van der Waals surface area contributed by atoms with E-state index in [0.29, 0.717) is 11.9 Å². The molecule has 1 aromatic carbocycles. The van der Waals surface area contributed by atoms with E-state index in [1.54, 1.807) is 0 Å². The van der Waals surface area contributed by atoms with Crippen LogP contribution in [0.1, 0.15) is 56.0 Å². The van der Waals surface area contributed by atoms with Crippen LogP contribution < -0.4 is 5.32 Å². The highest BCUT2D eigenvalue weighted by molar-refractivity contribution is 5.85. The third kappa shape index (κ3) is 4.79. The van der Waals surface area contributed by atoms with Gasteiger partial charge in [0, 0.05) is 12.5 Å². The number of aromatic nitrogens is 2. The van der Waals surface area contributed by atoms with E-state index in [1.165, 1.54) is 12.8 Å². The van der Waals surface area contributed by atoms with E-state index >= 15 is 0 Å². The second kappa shape index (κ2) is 9.16. The summed E-state index contributed by atoms with van der Waals surface area (Å²) in [5, 5.41) is 7.31. The molecule has 132 valence electrons. The molecule has 1 aliphatic rings. The van der Waals surface area contributed by atoms with Gasteiger partial charge in [-0.15, -0.1) is 12.4 Å². The third-order valence-corrected chi connectivity index (χ3v) is 4.42. The number of rotatable bonds is 7. The molecule has 1 aromatic heterocycles. The number of benzene rings is 1. The van der Waals surface area contributed by atoms with Crippen molar-refractivity contribution in [2.24, 2.45) is 0 Å². The van der Waals surface area contributed by atoms with Crippen LogP contribution in [0, 0.1) is 0 Å². The highest BCUT2D eigenvalue weighted by Crippen LogP contribution is 2.31. The van der Waals surface area contributed by atoms with Gasteiger partial charge in [0.1, 0.15) is 0 Å². The summed E-state index contributed by atoms with van der Waals surface area (Å²) in [6.07, 6.45) is 5.45. The predicted octanol–water partition coefficient (Wildman–Crippen LogP) is 3.69. The van der Waals surface area contributed by atoms with Crippen LogP contribution in [0.5, 0.6) is 0 Å². The first-order chi connectivity index (χ1) is 11.3. The van der Waals surface area contributed by atoms with Gasteiger partial charge >= 0.3 is 0 Å². The van der Waals surface area contributed by atoms with Crippen LogP contribution in [0.25, 0.3) is 0 Å². The molecule has 1 aliphatic carbocycles. The van der Waals surface area contributed by atoms with Gasteiger partial charge in [-0.2, -0.15) is 4.98 Å². The predicted molar refractivity (Wildman–Crippen MR) is 95.4 cm³/mol. The SMILES string of the molecule is CNC(C)Cc1noc(C(OC2CCCC2)c2ccccc2)n1.Cl. The number of nitrogens with zero attached hydrogens (tertiary/aromatic N) is 2. The molecule has 5 nitrogen and oxygen atoms in total. The van der Waals surface area contributed by atoms with E-state index < -0.39 is 0 Å². The maximum Gasteiger partial charge on any atom is 0.260 e. The summed E-state index contributed by atoms with van der Waals surface area (Å²) in [5.74, 6) is 1.28. The molecule has 0 spiro atoms. The summed E-state index contributed by atoms with van der Waals surface area (Å²) in [7, 11) is 1.93. The van der Waals surface area contributed by atoms with Crippen molar-refractivity contribution in [2.45, 2.75) is 57.3 Å². The molecule has 0 aliphatic heterocycles. The van der Waals surface area contributed by atoms with E-state index in [2.05, 4.69) is 34.5 Å². The van der Waals surface area contributed by atoms with Crippen molar-refractivity contribution in [1.29, 1.82) is 0 Å². The topological polar surface area (TPSA) is 60.2 Å². The van der Waals surface area contributed by atoms with Gasteiger partial charge in [-0.3, -0.25) is 0 Å². The second-order valence-corrected chi connectivity index (χ2v) is 6.28. The highest BCUT2D eigenvalue weighted by Gasteiger charge is 2.27. The van der Waals surface area contributed by atoms with Gasteiger partial charge in [-0.05, 0) is 32.4 Å². The minimum absolute atomic E-state index is 0. The first-order valence-electron chi connectivity index (χ1n) is 8.46. The second-order valence-electron chi connectivity index (χ2n) is 6.28. The smallest absolute Gasteiger partial charge is 0.260 e. The lowest BCUT2D eigenvalue weighted by molar-refractivity contribution is -0.00315. The highest BCUT2D eigenvalue weighted by atomic mass is 35.5. The summed E-state index contributed by atoms with van der Waals surface area (Å²) in [5.41, 5.74) is 1.07. The van der Waals surface area contributed by atoms with Gasteiger partial charge < -0.3 is 14.6 Å². The Labute approximate surface area is 149 Å². The largest absolute Gasteiger partial charge is 0.360 e. The molecule has 24 heavy (non-hydrogen) atoms. The Morgan fingerprint density at radius 1 is 1.25 bits per heavy atom. The van der Waals surface area contributed by atoms with Crippen LogP contribution in [-0.2, 0) is 11.2 Å². The molecule has 1 N–H and O–H groups in total. The fourth-order valence-electron chi connectivity index (χ4n) is 2.96. The van der Waals surface area contributed by atoms with Crippen molar-refractivity contribution >= 4 is 12.4 Å². The Balaban J connectivity index is 0.00000208. The maximum absolute atomic E-state index is 6.32. The number of nitrogens with one attached hydrogen (secondary N) is 1. The van der Waals surface area contributed by atoms with Crippen LogP contribution in [0.3, 0.4) is 0 Å². The molecule has 0 saturated heterocycles. The Bertz CT molecular complexity index is 599. The molecule has 2 atom stereocenters. The average molecular weight is 352 g/mol. The van der Waals surface area contributed by atoms with Crippen LogP contribution in [0.4, 0.5) is 0 Å². The summed E-state index contributed by atoms with van der Waals surface area (Å²) in [6, 6.07) is 10.5. The number of halogens is 1. The number of likely N-dealkylation sites (N-methyl/N-ethyl adjacent to an activating group) is 1. The Morgan fingerprint density at radius 2 is 1.96 bits per heavy atom. The summed E-state index contributed by atoms with van der Waals surface area (Å²) in [4.78, 5) is 4.57. The van der Waals surface area contributed by atoms with E-state index in [4.69, 9.17) is 9.26 Å². The zero-order valence-corrected chi connectivity index (χ0v) is 15.1. The zero-order chi connectivity index (χ0) is 16.1. The number of hydrogen-bond acceptors (Lipinski definition) is 5. The monoisotopic (exact) mass is 351 g/mol. The molecule has 6 heteroatoms. The van der Waals surface area contributed by atoms with E-state index in [0.717, 1.165) is 30.7 Å². The third-order valence-electron chi connectivity index (χ3n) is 4.42. The molecule has 1 heterocycles. The van der Waals surface area contributed by atoms with Crippen molar-refractivity contribution in [1.82, 2.24) is 15.5 Å². The lowest BCUT2D eigenvalue weighted by Crippen LogP contribution is -2.24. The molecule has 2 aromatic rings. The molecule has 0 amide bonds. The lowest BCUT2D eigenvalue weighted by Gasteiger charge is -2.19. The standard InChI is InChI=1S/C18H25N3O2.ClH/c1-13(19-2)12-16-20-18(23-21-16)17(14-8-4-3-5-9-14)22-15-10-6-7-11-15;/h3-5,8-9,13,15,17,19H,6-7,10-12H2,1-2H3;1H. The van der Waals surface area contributed by atoms with Crippen molar-refractivity contribution in [3.8, 4) is 0 Å². The van der Waals surface area contributed by atoms with Crippen molar-refractivity contribution < 1.29 is 9.26 Å². The maximum atomic E-state index is 6.32. The molecular weight excluding hydrogens is 326 g/mol. The molecule has 0 bridgehead atoms. The van der Waals surface area contributed by atoms with Gasteiger partial charge in [0.2, 0.25) is 0 Å². The van der Waals surface area contributed by atoms with Gasteiger partial charge in [0.25, 0.3) is 5.89 Å². The van der Waals surface area contributed by atoms with Crippen molar-refractivity contribution in [2.75, 3.05) is 7.05 Å². The summed E-state index contributed by atoms with van der Waals surface area (Å²) < 4.78 is 11.8. The van der Waals surface area contributed by atoms with E-state index in [-0.39, 0.29) is 24.6 Å². The van der Waals surface area contributed by atoms with E-state index in [1.807, 2.05) is 25.2 Å². The van der Waals surface area contributed by atoms with Gasteiger partial charge in [0.15, 0.2) is 11.9 Å². The Morgan fingerprint density at radius 3 is 2.62 bits per heavy atom. The van der Waals surface area contributed by atoms with Crippen LogP contribution in [-0.4, -0.2) is 29.3 Å². The van der Waals surface area contributed by atoms with Crippen molar-refractivity contribution in [3.05, 3.63) is 47.6 Å². The minimum Gasteiger partial charge on any atom is -0.360 e. The molecule has 1 saturated carbocycles. The fraction of sp³-hybridized carbons (Fsp3) is 0.556. The first-order valence-corrected chi connectivity index (χ1v) is 8.46. The normalized spacial score (nSPS) is 17.4. The molecule has 1 fully saturated rings. The molecule has 3 rings (SSSR count). The van der Waals surface area contributed by atoms with Gasteiger partial charge in [-0.1, -0.05) is 48.3 Å². The van der Waals surface area contributed by atoms with Crippen LogP contribution in [0.2, 0.25) is 0 Å². The summed E-state index contributed by atoms with van der Waals surface area (Å²) in [6.45, 7) is 2.10. The van der Waals surface area contributed by atoms with E-state index in [9.17, 15) is 0 Å². The summed E-state index contributed by atoms with van der Waals surface area (Å²) >= 11 is 0. The van der Waals surface area contributed by atoms with Crippen LogP contribution in [0.15, 0.2) is 34.9 Å². The minimum atomic E-state index is -0.273. The Kier molecular flexibility index (Phi) is 7.21. The lowest BCUT2D eigenvalue weighted by atomic mass is 10.1. The first kappa shape index (κ1) is 18.9. The number of ether oxygens (including phenoxy) is 1. The average Bonchev–Trinajstić information content (AvgIpc) is 3.25. The molecular formula is C18H26ClN3O2. The fourth-order valence-corrected chi connectivity index (χ4v) is 2.96.